The summed E-state index contributed by atoms with van der Waals surface area (Å²) in [5.41, 5.74) is 3.42. The van der Waals surface area contributed by atoms with E-state index in [0.29, 0.717) is 15.0 Å². The highest BCUT2D eigenvalue weighted by molar-refractivity contribution is 8.18. The van der Waals surface area contributed by atoms with Crippen LogP contribution in [-0.4, -0.2) is 33.8 Å². The molecule has 0 radical (unpaired) electrons. The zero-order valence-electron chi connectivity index (χ0n) is 19.6. The van der Waals surface area contributed by atoms with Crippen molar-refractivity contribution in [2.75, 3.05) is 13.2 Å². The van der Waals surface area contributed by atoms with E-state index in [4.69, 9.17) is 27.9 Å². The Morgan fingerprint density at radius 1 is 0.972 bits per heavy atom. The van der Waals surface area contributed by atoms with Crippen LogP contribution in [0.4, 0.5) is 4.79 Å². The predicted molar refractivity (Wildman–Crippen MR) is 147 cm³/mol. The largest absolute Gasteiger partial charge is 0.491 e. The molecule has 0 bridgehead atoms. The monoisotopic (exact) mass is 536 g/mol. The summed E-state index contributed by atoms with van der Waals surface area (Å²) in [6.45, 7) is 4.28. The van der Waals surface area contributed by atoms with Gasteiger partial charge in [0.1, 0.15) is 12.4 Å². The molecular formula is C28H22Cl2N2O3S. The third-order valence-corrected chi connectivity index (χ3v) is 7.84. The van der Waals surface area contributed by atoms with Crippen LogP contribution < -0.4 is 4.74 Å². The normalized spacial score (nSPS) is 14.9. The Morgan fingerprint density at radius 3 is 2.56 bits per heavy atom. The Labute approximate surface area is 223 Å². The zero-order valence-corrected chi connectivity index (χ0v) is 22.0. The number of benzene rings is 3. The van der Waals surface area contributed by atoms with E-state index in [2.05, 4.69) is 0 Å². The average Bonchev–Trinajstić information content (AvgIpc) is 3.29. The summed E-state index contributed by atoms with van der Waals surface area (Å²) in [6, 6.07) is 21.2. The van der Waals surface area contributed by atoms with E-state index in [-0.39, 0.29) is 24.3 Å². The van der Waals surface area contributed by atoms with Gasteiger partial charge in [-0.15, -0.1) is 0 Å². The molecule has 0 N–H and O–H groups in total. The molecule has 182 valence electrons. The second-order valence-corrected chi connectivity index (χ2v) is 10.2. The van der Waals surface area contributed by atoms with Crippen molar-refractivity contribution in [3.63, 3.8) is 0 Å². The lowest BCUT2D eigenvalue weighted by Crippen LogP contribution is -2.32. The number of hydrogen-bond donors (Lipinski definition) is 0. The van der Waals surface area contributed by atoms with Gasteiger partial charge in [0.05, 0.1) is 27.2 Å². The van der Waals surface area contributed by atoms with Crippen LogP contribution >= 0.6 is 35.0 Å². The van der Waals surface area contributed by atoms with Crippen molar-refractivity contribution in [2.24, 2.45) is 0 Å². The summed E-state index contributed by atoms with van der Waals surface area (Å²) >= 11 is 13.6. The van der Waals surface area contributed by atoms with Crippen LogP contribution in [0.5, 0.6) is 5.75 Å². The molecular weight excluding hydrogens is 515 g/mol. The summed E-state index contributed by atoms with van der Waals surface area (Å²) < 4.78 is 7.93. The molecule has 1 fully saturated rings. The van der Waals surface area contributed by atoms with Crippen LogP contribution in [-0.2, 0) is 4.79 Å². The number of aryl methyl sites for hydroxylation is 1. The van der Waals surface area contributed by atoms with Crippen LogP contribution in [0.1, 0.15) is 17.0 Å². The molecule has 5 nitrogen and oxygen atoms in total. The van der Waals surface area contributed by atoms with Crippen LogP contribution in [0.25, 0.3) is 22.5 Å². The number of fused-ring (bicyclic) bond motifs is 1. The molecule has 36 heavy (non-hydrogen) atoms. The van der Waals surface area contributed by atoms with Crippen molar-refractivity contribution in [1.82, 2.24) is 9.47 Å². The number of halogens is 2. The van der Waals surface area contributed by atoms with Crippen molar-refractivity contribution >= 4 is 63.0 Å². The lowest BCUT2D eigenvalue weighted by Gasteiger charge is -2.14. The summed E-state index contributed by atoms with van der Waals surface area (Å²) in [7, 11) is 0. The van der Waals surface area contributed by atoms with E-state index in [1.807, 2.05) is 79.1 Å². The number of ether oxygens (including phenoxy) is 1. The summed E-state index contributed by atoms with van der Waals surface area (Å²) in [4.78, 5) is 27.3. The Morgan fingerprint density at radius 2 is 1.72 bits per heavy atom. The molecule has 1 aromatic heterocycles. The maximum atomic E-state index is 13.1. The minimum absolute atomic E-state index is 0.169. The first-order chi connectivity index (χ1) is 17.3. The maximum absolute atomic E-state index is 13.1. The number of aromatic nitrogens is 1. The van der Waals surface area contributed by atoms with Gasteiger partial charge in [-0.3, -0.25) is 14.5 Å². The molecule has 0 saturated carbocycles. The first-order valence-corrected chi connectivity index (χ1v) is 12.9. The molecule has 4 aromatic rings. The van der Waals surface area contributed by atoms with Crippen LogP contribution in [0.3, 0.4) is 0 Å². The predicted octanol–water partition coefficient (Wildman–Crippen LogP) is 7.67. The van der Waals surface area contributed by atoms with E-state index >= 15 is 0 Å². The topological polar surface area (TPSA) is 51.5 Å². The van der Waals surface area contributed by atoms with Gasteiger partial charge in [-0.1, -0.05) is 65.7 Å². The van der Waals surface area contributed by atoms with Gasteiger partial charge >= 0.3 is 0 Å². The van der Waals surface area contributed by atoms with Gasteiger partial charge in [-0.2, -0.15) is 0 Å². The molecule has 2 heterocycles. The Balaban J connectivity index is 1.33. The first kappa shape index (κ1) is 24.5. The number of carbonyl (C=O) groups is 2. The van der Waals surface area contributed by atoms with Gasteiger partial charge in [0, 0.05) is 16.8 Å². The second-order valence-electron chi connectivity index (χ2n) is 8.39. The highest BCUT2D eigenvalue weighted by Gasteiger charge is 2.35. The quantitative estimate of drug-likeness (QED) is 0.237. The average molecular weight is 537 g/mol. The van der Waals surface area contributed by atoms with Crippen molar-refractivity contribution in [3.8, 4) is 11.4 Å². The van der Waals surface area contributed by atoms with Crippen LogP contribution in [0.15, 0.2) is 71.6 Å². The minimum atomic E-state index is -0.322. The van der Waals surface area contributed by atoms with Gasteiger partial charge in [-0.25, -0.2) is 0 Å². The fourth-order valence-corrected chi connectivity index (χ4v) is 5.61. The number of hydrogen-bond acceptors (Lipinski definition) is 4. The van der Waals surface area contributed by atoms with Crippen LogP contribution in [0.2, 0.25) is 10.0 Å². The van der Waals surface area contributed by atoms with Crippen molar-refractivity contribution in [1.29, 1.82) is 0 Å². The number of amides is 2. The fraction of sp³-hybridized carbons (Fsp3) is 0.143. The molecule has 5 rings (SSSR count). The van der Waals surface area contributed by atoms with Gasteiger partial charge in [0.15, 0.2) is 0 Å². The van der Waals surface area contributed by atoms with E-state index in [9.17, 15) is 9.59 Å². The number of imide groups is 1. The Bertz CT molecular complexity index is 1540. The zero-order chi connectivity index (χ0) is 25.4. The van der Waals surface area contributed by atoms with Gasteiger partial charge in [-0.05, 0) is 66.9 Å². The molecule has 0 aliphatic carbocycles. The third kappa shape index (κ3) is 4.52. The van der Waals surface area contributed by atoms with Gasteiger partial charge in [0.2, 0.25) is 0 Å². The lowest BCUT2D eigenvalue weighted by molar-refractivity contribution is -0.123. The summed E-state index contributed by atoms with van der Waals surface area (Å²) in [5, 5.41) is 2.68. The molecule has 0 atom stereocenters. The fourth-order valence-electron chi connectivity index (χ4n) is 4.37. The standard InChI is InChI=1S/C28H22Cl2N2O3S/c1-17-15-20(18(2)32(17)23-11-6-10-22(29)26(23)30)16-25-27(33)31(28(34)36-25)13-14-35-24-12-5-8-19-7-3-4-9-21(19)24/h3-12,15-16H,13-14H2,1-2H3/b25-16-. The highest BCUT2D eigenvalue weighted by Crippen LogP contribution is 2.35. The molecule has 1 aliphatic heterocycles. The van der Waals surface area contributed by atoms with E-state index < -0.39 is 0 Å². The number of rotatable bonds is 6. The first-order valence-electron chi connectivity index (χ1n) is 11.3. The third-order valence-electron chi connectivity index (χ3n) is 6.12. The van der Waals surface area contributed by atoms with Gasteiger partial charge < -0.3 is 9.30 Å². The van der Waals surface area contributed by atoms with E-state index in [1.165, 1.54) is 4.90 Å². The molecule has 2 amide bonds. The number of nitrogens with zero attached hydrogens (tertiary/aromatic N) is 2. The van der Waals surface area contributed by atoms with Crippen molar-refractivity contribution in [3.05, 3.63) is 98.6 Å². The van der Waals surface area contributed by atoms with Crippen molar-refractivity contribution < 1.29 is 14.3 Å². The minimum Gasteiger partial charge on any atom is -0.491 e. The van der Waals surface area contributed by atoms with Crippen LogP contribution in [0, 0.1) is 13.8 Å². The smallest absolute Gasteiger partial charge is 0.293 e. The lowest BCUT2D eigenvalue weighted by atomic mass is 10.1. The summed E-state index contributed by atoms with van der Waals surface area (Å²) in [5.74, 6) is 0.403. The molecule has 8 heteroatoms. The number of thioether (sulfide) groups is 1. The maximum Gasteiger partial charge on any atom is 0.293 e. The Hall–Kier alpha value is -3.19. The second kappa shape index (κ2) is 10.1. The Kier molecular flexibility index (Phi) is 6.84. The molecule has 1 aliphatic rings. The van der Waals surface area contributed by atoms with Gasteiger partial charge in [0.25, 0.3) is 11.1 Å². The number of carbonyl (C=O) groups excluding carboxylic acids is 2. The molecule has 1 saturated heterocycles. The van der Waals surface area contributed by atoms with E-state index in [0.717, 1.165) is 50.9 Å². The van der Waals surface area contributed by atoms with Crippen molar-refractivity contribution in [2.45, 2.75) is 13.8 Å². The molecule has 3 aromatic carbocycles. The SMILES string of the molecule is Cc1cc(/C=C2\SC(=O)N(CCOc3cccc4ccccc34)C2=O)c(C)n1-c1cccc(Cl)c1Cl. The van der Waals surface area contributed by atoms with E-state index in [1.54, 1.807) is 12.1 Å². The summed E-state index contributed by atoms with van der Waals surface area (Å²) in [6.07, 6.45) is 1.76. The molecule has 0 spiro atoms. The molecule has 0 unspecified atom stereocenters. The highest BCUT2D eigenvalue weighted by atomic mass is 35.5.